The van der Waals surface area contributed by atoms with Crippen LogP contribution in [0.4, 0.5) is 0 Å². The summed E-state index contributed by atoms with van der Waals surface area (Å²) in [6, 6.07) is 0. The lowest BCUT2D eigenvalue weighted by molar-refractivity contribution is -0.158. The summed E-state index contributed by atoms with van der Waals surface area (Å²) < 4.78 is 5.05. The van der Waals surface area contributed by atoms with Crippen molar-refractivity contribution < 1.29 is 14.6 Å². The zero-order valence-electron chi connectivity index (χ0n) is 10.2. The summed E-state index contributed by atoms with van der Waals surface area (Å²) in [7, 11) is 0. The van der Waals surface area contributed by atoms with E-state index in [1.165, 1.54) is 0 Å². The van der Waals surface area contributed by atoms with Gasteiger partial charge in [0.15, 0.2) is 0 Å². The molecule has 0 aromatic rings. The maximum Gasteiger partial charge on any atom is 0.312 e. The molecule has 15 heavy (non-hydrogen) atoms. The molecule has 0 atom stereocenters. The fourth-order valence-corrected chi connectivity index (χ4v) is 1.80. The van der Waals surface area contributed by atoms with Gasteiger partial charge in [0.05, 0.1) is 12.0 Å². The maximum atomic E-state index is 11.9. The summed E-state index contributed by atoms with van der Waals surface area (Å²) in [5.74, 6) is -0.144. The number of rotatable bonds is 8. The molecule has 0 radical (unpaired) electrons. The molecule has 0 saturated heterocycles. The Balaban J connectivity index is 4.38. The Morgan fingerprint density at radius 1 is 1.27 bits per heavy atom. The first-order valence-electron chi connectivity index (χ1n) is 5.95. The van der Waals surface area contributed by atoms with Crippen molar-refractivity contribution in [2.24, 2.45) is 5.41 Å². The van der Waals surface area contributed by atoms with E-state index in [1.807, 2.05) is 13.8 Å². The normalized spacial score (nSPS) is 11.5. The Morgan fingerprint density at radius 3 is 2.27 bits per heavy atom. The lowest BCUT2D eigenvalue weighted by Crippen LogP contribution is -2.32. The topological polar surface area (TPSA) is 46.5 Å². The van der Waals surface area contributed by atoms with Crippen molar-refractivity contribution >= 4 is 5.97 Å². The first-order chi connectivity index (χ1) is 7.16. The molecule has 0 aliphatic heterocycles. The third kappa shape index (κ3) is 4.20. The van der Waals surface area contributed by atoms with Crippen molar-refractivity contribution in [3.63, 3.8) is 0 Å². The number of esters is 1. The van der Waals surface area contributed by atoms with Gasteiger partial charge in [-0.3, -0.25) is 4.79 Å². The molecule has 0 unspecified atom stereocenters. The predicted octanol–water partition coefficient (Wildman–Crippen LogP) is 2.52. The summed E-state index contributed by atoms with van der Waals surface area (Å²) in [5.41, 5.74) is -0.328. The fraction of sp³-hybridized carbons (Fsp3) is 0.917. The van der Waals surface area contributed by atoms with Crippen LogP contribution in [0.2, 0.25) is 0 Å². The predicted molar refractivity (Wildman–Crippen MR) is 60.6 cm³/mol. The van der Waals surface area contributed by atoms with E-state index in [9.17, 15) is 4.79 Å². The summed E-state index contributed by atoms with van der Waals surface area (Å²) in [4.78, 5) is 11.9. The first-order valence-corrected chi connectivity index (χ1v) is 5.95. The molecule has 0 bridgehead atoms. The zero-order valence-corrected chi connectivity index (χ0v) is 10.2. The number of unbranched alkanes of at least 4 members (excludes halogenated alkanes) is 1. The monoisotopic (exact) mass is 216 g/mol. The van der Waals surface area contributed by atoms with Gasteiger partial charge < -0.3 is 9.84 Å². The van der Waals surface area contributed by atoms with Crippen LogP contribution in [0.3, 0.4) is 0 Å². The molecular formula is C12H24O3. The quantitative estimate of drug-likeness (QED) is 0.634. The van der Waals surface area contributed by atoms with Gasteiger partial charge in [0.1, 0.15) is 6.61 Å². The van der Waals surface area contributed by atoms with Crippen molar-refractivity contribution in [1.82, 2.24) is 0 Å². The largest absolute Gasteiger partial charge is 0.463 e. The van der Waals surface area contributed by atoms with Gasteiger partial charge in [0.25, 0.3) is 0 Å². The molecule has 0 aliphatic carbocycles. The molecule has 0 amide bonds. The Bertz CT molecular complexity index is 174. The Kier molecular flexibility index (Phi) is 7.39. The highest BCUT2D eigenvalue weighted by molar-refractivity contribution is 5.76. The van der Waals surface area contributed by atoms with Crippen molar-refractivity contribution in [2.45, 2.75) is 52.9 Å². The minimum absolute atomic E-state index is 0.0942. The van der Waals surface area contributed by atoms with Crippen LogP contribution in [0.5, 0.6) is 0 Å². The van der Waals surface area contributed by atoms with Gasteiger partial charge in [0.2, 0.25) is 0 Å². The molecule has 1 N–H and O–H groups in total. The van der Waals surface area contributed by atoms with E-state index in [0.717, 1.165) is 32.1 Å². The smallest absolute Gasteiger partial charge is 0.312 e. The zero-order chi connectivity index (χ0) is 11.7. The van der Waals surface area contributed by atoms with Gasteiger partial charge in [-0.05, 0) is 19.3 Å². The van der Waals surface area contributed by atoms with Crippen LogP contribution in [-0.4, -0.2) is 24.3 Å². The standard InChI is InChI=1S/C12H24O3/c1-4-7-8-12(5-2,6-3)11(14)15-10-9-13/h13H,4-10H2,1-3H3. The van der Waals surface area contributed by atoms with Crippen LogP contribution < -0.4 is 0 Å². The number of hydrogen-bond donors (Lipinski definition) is 1. The Hall–Kier alpha value is -0.570. The second kappa shape index (κ2) is 7.69. The summed E-state index contributed by atoms with van der Waals surface area (Å²) in [6.45, 7) is 6.20. The second-order valence-electron chi connectivity index (χ2n) is 3.95. The lowest BCUT2D eigenvalue weighted by atomic mass is 9.78. The average molecular weight is 216 g/mol. The molecule has 90 valence electrons. The molecule has 0 aromatic carbocycles. The molecule has 0 aliphatic rings. The highest BCUT2D eigenvalue weighted by Gasteiger charge is 2.35. The van der Waals surface area contributed by atoms with Gasteiger partial charge in [0, 0.05) is 0 Å². The highest BCUT2D eigenvalue weighted by Crippen LogP contribution is 2.34. The SMILES string of the molecule is CCCCC(CC)(CC)C(=O)OCCO. The minimum atomic E-state index is -0.328. The molecule has 0 heterocycles. The lowest BCUT2D eigenvalue weighted by Gasteiger charge is -2.29. The average Bonchev–Trinajstić information content (AvgIpc) is 2.28. The van der Waals surface area contributed by atoms with Crippen molar-refractivity contribution in [2.75, 3.05) is 13.2 Å². The van der Waals surface area contributed by atoms with E-state index < -0.39 is 0 Å². The van der Waals surface area contributed by atoms with Gasteiger partial charge in [-0.1, -0.05) is 33.6 Å². The summed E-state index contributed by atoms with van der Waals surface area (Å²) >= 11 is 0. The van der Waals surface area contributed by atoms with Crippen LogP contribution >= 0.6 is 0 Å². The molecular weight excluding hydrogens is 192 g/mol. The molecule has 0 saturated carbocycles. The molecule has 0 rings (SSSR count). The second-order valence-corrected chi connectivity index (χ2v) is 3.95. The Morgan fingerprint density at radius 2 is 1.87 bits per heavy atom. The number of aliphatic hydroxyl groups is 1. The van der Waals surface area contributed by atoms with E-state index in [1.54, 1.807) is 0 Å². The van der Waals surface area contributed by atoms with Crippen molar-refractivity contribution in [3.05, 3.63) is 0 Å². The van der Waals surface area contributed by atoms with Crippen LogP contribution in [0.15, 0.2) is 0 Å². The molecule has 0 fully saturated rings. The van der Waals surface area contributed by atoms with E-state index in [2.05, 4.69) is 6.92 Å². The maximum absolute atomic E-state index is 11.9. The highest BCUT2D eigenvalue weighted by atomic mass is 16.5. The van der Waals surface area contributed by atoms with Crippen LogP contribution in [-0.2, 0) is 9.53 Å². The van der Waals surface area contributed by atoms with Crippen LogP contribution in [0, 0.1) is 5.41 Å². The van der Waals surface area contributed by atoms with Crippen LogP contribution in [0.1, 0.15) is 52.9 Å². The first kappa shape index (κ1) is 14.4. The van der Waals surface area contributed by atoms with Gasteiger partial charge in [-0.15, -0.1) is 0 Å². The van der Waals surface area contributed by atoms with E-state index >= 15 is 0 Å². The van der Waals surface area contributed by atoms with E-state index in [0.29, 0.717) is 0 Å². The number of aliphatic hydroxyl groups excluding tert-OH is 1. The molecule has 3 nitrogen and oxygen atoms in total. The Labute approximate surface area is 92.8 Å². The number of ether oxygens (including phenoxy) is 1. The third-order valence-electron chi connectivity index (χ3n) is 3.12. The summed E-state index contributed by atoms with van der Waals surface area (Å²) in [5, 5.41) is 8.63. The number of carbonyl (C=O) groups is 1. The number of carbonyl (C=O) groups excluding carboxylic acids is 1. The van der Waals surface area contributed by atoms with Gasteiger partial charge >= 0.3 is 5.97 Å². The third-order valence-corrected chi connectivity index (χ3v) is 3.12. The van der Waals surface area contributed by atoms with E-state index in [-0.39, 0.29) is 24.6 Å². The van der Waals surface area contributed by atoms with Crippen molar-refractivity contribution in [3.8, 4) is 0 Å². The van der Waals surface area contributed by atoms with Gasteiger partial charge in [-0.2, -0.15) is 0 Å². The molecule has 0 aromatic heterocycles. The molecule has 3 heteroatoms. The molecule has 0 spiro atoms. The fourth-order valence-electron chi connectivity index (χ4n) is 1.80. The minimum Gasteiger partial charge on any atom is -0.463 e. The summed E-state index contributed by atoms with van der Waals surface area (Å²) in [6.07, 6.45) is 4.66. The van der Waals surface area contributed by atoms with Crippen LogP contribution in [0.25, 0.3) is 0 Å². The van der Waals surface area contributed by atoms with E-state index in [4.69, 9.17) is 9.84 Å². The van der Waals surface area contributed by atoms with Crippen molar-refractivity contribution in [1.29, 1.82) is 0 Å². The van der Waals surface area contributed by atoms with Gasteiger partial charge in [-0.25, -0.2) is 0 Å². The number of hydrogen-bond acceptors (Lipinski definition) is 3.